The number of rotatable bonds is 4. The highest BCUT2D eigenvalue weighted by Crippen LogP contribution is 2.10. The lowest BCUT2D eigenvalue weighted by molar-refractivity contribution is 0.473. The van der Waals surface area contributed by atoms with E-state index >= 15 is 0 Å². The fraction of sp³-hybridized carbons (Fsp3) is 0.455. The molecule has 2 nitrogen and oxygen atoms in total. The molecule has 0 saturated heterocycles. The van der Waals surface area contributed by atoms with E-state index in [-0.39, 0.29) is 0 Å². The third-order valence-corrected chi connectivity index (χ3v) is 1.79. The fourth-order valence-corrected chi connectivity index (χ4v) is 1.17. The maximum absolute atomic E-state index is 9.19. The van der Waals surface area contributed by atoms with E-state index in [1.165, 1.54) is 0 Å². The Kier molecular flexibility index (Phi) is 3.77. The zero-order valence-corrected chi connectivity index (χ0v) is 8.25. The molecule has 0 aliphatic rings. The summed E-state index contributed by atoms with van der Waals surface area (Å²) >= 11 is 0. The summed E-state index contributed by atoms with van der Waals surface area (Å²) in [5.41, 5.74) is 1.13. The van der Waals surface area contributed by atoms with Crippen LogP contribution in [0.4, 0.5) is 0 Å². The Labute approximate surface area is 79.6 Å². The molecule has 2 heteroatoms. The van der Waals surface area contributed by atoms with E-state index in [2.05, 4.69) is 19.2 Å². The summed E-state index contributed by atoms with van der Waals surface area (Å²) in [5, 5.41) is 12.5. The SMILES string of the molecule is CC(C)CNCc1cccc(O)c1. The van der Waals surface area contributed by atoms with Gasteiger partial charge in [-0.25, -0.2) is 0 Å². The summed E-state index contributed by atoms with van der Waals surface area (Å²) < 4.78 is 0. The molecule has 0 fully saturated rings. The van der Waals surface area contributed by atoms with Crippen molar-refractivity contribution in [3.05, 3.63) is 29.8 Å². The van der Waals surface area contributed by atoms with Crippen molar-refractivity contribution in [2.75, 3.05) is 6.54 Å². The van der Waals surface area contributed by atoms with Gasteiger partial charge in [-0.3, -0.25) is 0 Å². The van der Waals surface area contributed by atoms with Gasteiger partial charge in [-0.15, -0.1) is 0 Å². The molecule has 13 heavy (non-hydrogen) atoms. The molecule has 0 heterocycles. The molecule has 0 aliphatic carbocycles. The Morgan fingerprint density at radius 2 is 2.15 bits per heavy atom. The Morgan fingerprint density at radius 3 is 2.77 bits per heavy atom. The maximum atomic E-state index is 9.19. The normalized spacial score (nSPS) is 10.7. The Morgan fingerprint density at radius 1 is 1.38 bits per heavy atom. The molecule has 0 atom stereocenters. The van der Waals surface area contributed by atoms with Gasteiger partial charge in [0.25, 0.3) is 0 Å². The van der Waals surface area contributed by atoms with Crippen molar-refractivity contribution in [3.8, 4) is 5.75 Å². The molecule has 0 bridgehead atoms. The van der Waals surface area contributed by atoms with Crippen LogP contribution in [0.3, 0.4) is 0 Å². The van der Waals surface area contributed by atoms with Gasteiger partial charge in [0.2, 0.25) is 0 Å². The topological polar surface area (TPSA) is 32.3 Å². The number of phenols is 1. The molecule has 0 aromatic heterocycles. The van der Waals surface area contributed by atoms with Crippen LogP contribution in [-0.4, -0.2) is 11.7 Å². The summed E-state index contributed by atoms with van der Waals surface area (Å²) in [4.78, 5) is 0. The van der Waals surface area contributed by atoms with E-state index in [0.29, 0.717) is 11.7 Å². The molecule has 1 aromatic carbocycles. The molecule has 0 spiro atoms. The lowest BCUT2D eigenvalue weighted by Crippen LogP contribution is -2.18. The van der Waals surface area contributed by atoms with Crippen molar-refractivity contribution in [3.63, 3.8) is 0 Å². The largest absolute Gasteiger partial charge is 0.508 e. The Balaban J connectivity index is 2.37. The number of aromatic hydroxyl groups is 1. The smallest absolute Gasteiger partial charge is 0.115 e. The highest BCUT2D eigenvalue weighted by atomic mass is 16.3. The van der Waals surface area contributed by atoms with Crippen LogP contribution in [0, 0.1) is 5.92 Å². The van der Waals surface area contributed by atoms with Gasteiger partial charge in [-0.05, 0) is 30.2 Å². The second-order valence-electron chi connectivity index (χ2n) is 3.69. The predicted octanol–water partition coefficient (Wildman–Crippen LogP) is 2.14. The summed E-state index contributed by atoms with van der Waals surface area (Å²) in [6, 6.07) is 7.34. The minimum absolute atomic E-state index is 0.337. The van der Waals surface area contributed by atoms with Crippen LogP contribution >= 0.6 is 0 Å². The minimum Gasteiger partial charge on any atom is -0.508 e. The molecule has 0 saturated carbocycles. The zero-order valence-electron chi connectivity index (χ0n) is 8.25. The summed E-state index contributed by atoms with van der Waals surface area (Å²) in [6.45, 7) is 6.19. The van der Waals surface area contributed by atoms with Gasteiger partial charge in [0.15, 0.2) is 0 Å². The number of hydrogen-bond donors (Lipinski definition) is 2. The van der Waals surface area contributed by atoms with Crippen molar-refractivity contribution < 1.29 is 5.11 Å². The van der Waals surface area contributed by atoms with Crippen LogP contribution in [0.2, 0.25) is 0 Å². The average molecular weight is 179 g/mol. The molecule has 0 amide bonds. The Bertz CT molecular complexity index is 258. The summed E-state index contributed by atoms with van der Waals surface area (Å²) in [7, 11) is 0. The van der Waals surface area contributed by atoms with E-state index in [1.54, 1.807) is 12.1 Å². The van der Waals surface area contributed by atoms with Gasteiger partial charge < -0.3 is 10.4 Å². The van der Waals surface area contributed by atoms with Gasteiger partial charge in [0.05, 0.1) is 0 Å². The van der Waals surface area contributed by atoms with Gasteiger partial charge in [-0.1, -0.05) is 26.0 Å². The second-order valence-corrected chi connectivity index (χ2v) is 3.69. The monoisotopic (exact) mass is 179 g/mol. The van der Waals surface area contributed by atoms with E-state index in [4.69, 9.17) is 0 Å². The van der Waals surface area contributed by atoms with Gasteiger partial charge >= 0.3 is 0 Å². The molecule has 2 N–H and O–H groups in total. The Hall–Kier alpha value is -1.02. The first kappa shape index (κ1) is 10.1. The molecule has 0 unspecified atom stereocenters. The van der Waals surface area contributed by atoms with Gasteiger partial charge in [0.1, 0.15) is 5.75 Å². The molecular formula is C11H17NO. The van der Waals surface area contributed by atoms with Crippen LogP contribution < -0.4 is 5.32 Å². The van der Waals surface area contributed by atoms with Crippen LogP contribution in [-0.2, 0) is 6.54 Å². The molecular weight excluding hydrogens is 162 g/mol. The van der Waals surface area contributed by atoms with Crippen LogP contribution in [0.1, 0.15) is 19.4 Å². The summed E-state index contributed by atoms with van der Waals surface area (Å²) in [6.07, 6.45) is 0. The number of benzene rings is 1. The second kappa shape index (κ2) is 4.87. The maximum Gasteiger partial charge on any atom is 0.115 e. The van der Waals surface area contributed by atoms with Gasteiger partial charge in [0, 0.05) is 6.54 Å². The van der Waals surface area contributed by atoms with Crippen LogP contribution in [0.15, 0.2) is 24.3 Å². The fourth-order valence-electron chi connectivity index (χ4n) is 1.17. The first-order chi connectivity index (χ1) is 6.18. The zero-order chi connectivity index (χ0) is 9.68. The van der Waals surface area contributed by atoms with E-state index in [1.807, 2.05) is 12.1 Å². The van der Waals surface area contributed by atoms with Crippen molar-refractivity contribution in [2.24, 2.45) is 5.92 Å². The van der Waals surface area contributed by atoms with Crippen LogP contribution in [0.25, 0.3) is 0 Å². The molecule has 1 rings (SSSR count). The van der Waals surface area contributed by atoms with Crippen molar-refractivity contribution in [1.82, 2.24) is 5.32 Å². The first-order valence-corrected chi connectivity index (χ1v) is 4.67. The highest BCUT2D eigenvalue weighted by Gasteiger charge is 1.95. The minimum atomic E-state index is 0.337. The average Bonchev–Trinajstić information content (AvgIpc) is 2.03. The molecule has 0 radical (unpaired) electrons. The molecule has 72 valence electrons. The van der Waals surface area contributed by atoms with Crippen molar-refractivity contribution in [1.29, 1.82) is 0 Å². The van der Waals surface area contributed by atoms with E-state index in [0.717, 1.165) is 18.7 Å². The van der Waals surface area contributed by atoms with E-state index < -0.39 is 0 Å². The quantitative estimate of drug-likeness (QED) is 0.742. The predicted molar refractivity (Wildman–Crippen MR) is 54.7 cm³/mol. The number of hydrogen-bond acceptors (Lipinski definition) is 2. The standard InChI is InChI=1S/C11H17NO/c1-9(2)7-12-8-10-4-3-5-11(13)6-10/h3-6,9,12-13H,7-8H2,1-2H3. The van der Waals surface area contributed by atoms with Crippen molar-refractivity contribution in [2.45, 2.75) is 20.4 Å². The third-order valence-electron chi connectivity index (χ3n) is 1.79. The highest BCUT2D eigenvalue weighted by molar-refractivity contribution is 5.26. The lowest BCUT2D eigenvalue weighted by Gasteiger charge is -2.07. The molecule has 1 aromatic rings. The number of nitrogens with one attached hydrogen (secondary N) is 1. The van der Waals surface area contributed by atoms with Gasteiger partial charge in [-0.2, -0.15) is 0 Å². The molecule has 0 aliphatic heterocycles. The lowest BCUT2D eigenvalue weighted by atomic mass is 10.2. The van der Waals surface area contributed by atoms with Crippen LogP contribution in [0.5, 0.6) is 5.75 Å². The first-order valence-electron chi connectivity index (χ1n) is 4.67. The van der Waals surface area contributed by atoms with E-state index in [9.17, 15) is 5.11 Å². The third kappa shape index (κ3) is 3.95. The number of phenolic OH excluding ortho intramolecular Hbond substituents is 1. The summed E-state index contributed by atoms with van der Waals surface area (Å²) in [5.74, 6) is 1.00. The van der Waals surface area contributed by atoms with Crippen molar-refractivity contribution >= 4 is 0 Å².